The summed E-state index contributed by atoms with van der Waals surface area (Å²) in [5.74, 6) is 1.69. The van der Waals surface area contributed by atoms with Gasteiger partial charge in [0.1, 0.15) is 11.5 Å². The Morgan fingerprint density at radius 2 is 1.61 bits per heavy atom. The molecule has 7 nitrogen and oxygen atoms in total. The zero-order valence-corrected chi connectivity index (χ0v) is 23.3. The number of likely N-dealkylation sites (N-methyl/N-ethyl adjacent to an activating group) is 1. The Balaban J connectivity index is 1.18. The monoisotopic (exact) mass is 534 g/mol. The Bertz CT molecular complexity index is 1150. The summed E-state index contributed by atoms with van der Waals surface area (Å²) in [5.41, 5.74) is 2.83. The van der Waals surface area contributed by atoms with Crippen LogP contribution in [0.25, 0.3) is 11.3 Å². The second kappa shape index (κ2) is 14.7. The molecule has 0 N–H and O–H groups in total. The van der Waals surface area contributed by atoms with Crippen molar-refractivity contribution in [1.29, 1.82) is 5.26 Å². The molecule has 1 aromatic heterocycles. The van der Waals surface area contributed by atoms with E-state index in [2.05, 4.69) is 41.8 Å². The molecule has 202 valence electrons. The summed E-state index contributed by atoms with van der Waals surface area (Å²) in [7, 11) is 0. The molecule has 38 heavy (non-hydrogen) atoms. The molecule has 0 aliphatic carbocycles. The number of thiazole rings is 1. The fourth-order valence-corrected chi connectivity index (χ4v) is 5.38. The fraction of sp³-hybridized carbons (Fsp3) is 0.467. The molecule has 0 atom stereocenters. The first-order valence-corrected chi connectivity index (χ1v) is 14.4. The van der Waals surface area contributed by atoms with E-state index < -0.39 is 0 Å². The van der Waals surface area contributed by atoms with Gasteiger partial charge in [0.05, 0.1) is 43.8 Å². The number of ether oxygens (including phenoxy) is 3. The van der Waals surface area contributed by atoms with Crippen LogP contribution in [-0.4, -0.2) is 69.0 Å². The lowest BCUT2D eigenvalue weighted by atomic mass is 10.1. The minimum Gasteiger partial charge on any atom is -0.494 e. The maximum atomic E-state index is 8.85. The summed E-state index contributed by atoms with van der Waals surface area (Å²) in [4.78, 5) is 11.1. The average Bonchev–Trinajstić information content (AvgIpc) is 3.35. The van der Waals surface area contributed by atoms with Gasteiger partial charge in [-0.1, -0.05) is 0 Å². The molecule has 1 saturated heterocycles. The molecule has 0 unspecified atom stereocenters. The summed E-state index contributed by atoms with van der Waals surface area (Å²) in [6.07, 6.45) is 2.98. The molecule has 8 heteroatoms. The molecule has 0 amide bonds. The number of aromatic nitrogens is 1. The number of nitriles is 1. The van der Waals surface area contributed by atoms with Crippen LogP contribution in [0, 0.1) is 18.3 Å². The van der Waals surface area contributed by atoms with Crippen molar-refractivity contribution in [2.75, 3.05) is 64.1 Å². The zero-order valence-electron chi connectivity index (χ0n) is 22.5. The maximum Gasteiger partial charge on any atom is 0.186 e. The van der Waals surface area contributed by atoms with Crippen LogP contribution in [0.3, 0.4) is 0 Å². The van der Waals surface area contributed by atoms with Gasteiger partial charge in [0, 0.05) is 43.2 Å². The highest BCUT2D eigenvalue weighted by atomic mass is 32.1. The highest BCUT2D eigenvalue weighted by molar-refractivity contribution is 7.16. The van der Waals surface area contributed by atoms with Crippen molar-refractivity contribution in [1.82, 2.24) is 9.88 Å². The number of nitrogens with zero attached hydrogens (tertiary/aromatic N) is 4. The van der Waals surface area contributed by atoms with Crippen molar-refractivity contribution in [2.24, 2.45) is 0 Å². The van der Waals surface area contributed by atoms with Gasteiger partial charge in [0.15, 0.2) is 5.13 Å². The van der Waals surface area contributed by atoms with Crippen LogP contribution in [0.1, 0.15) is 36.6 Å². The third kappa shape index (κ3) is 8.19. The van der Waals surface area contributed by atoms with Gasteiger partial charge in [-0.2, -0.15) is 5.26 Å². The Morgan fingerprint density at radius 1 is 0.974 bits per heavy atom. The van der Waals surface area contributed by atoms with E-state index in [-0.39, 0.29) is 0 Å². The van der Waals surface area contributed by atoms with Crippen molar-refractivity contribution < 1.29 is 14.2 Å². The SMILES string of the molecule is CCN(CCN1CCOCC1)c1nc(-c2ccc(OCCCCCOc3ccc(C#N)cc3)cc2)c(C)s1. The van der Waals surface area contributed by atoms with E-state index in [0.29, 0.717) is 18.8 Å². The first kappa shape index (κ1) is 27.9. The van der Waals surface area contributed by atoms with Crippen molar-refractivity contribution in [3.8, 4) is 28.8 Å². The number of hydrogen-bond donors (Lipinski definition) is 0. The Labute approximate surface area is 230 Å². The highest BCUT2D eigenvalue weighted by Crippen LogP contribution is 2.33. The van der Waals surface area contributed by atoms with E-state index in [0.717, 1.165) is 93.1 Å². The predicted octanol–water partition coefficient (Wildman–Crippen LogP) is 5.78. The Hall–Kier alpha value is -3.12. The molecule has 1 aliphatic rings. The number of hydrogen-bond acceptors (Lipinski definition) is 8. The van der Waals surface area contributed by atoms with Crippen molar-refractivity contribution in [3.63, 3.8) is 0 Å². The summed E-state index contributed by atoms with van der Waals surface area (Å²) < 4.78 is 17.2. The fourth-order valence-electron chi connectivity index (χ4n) is 4.36. The molecule has 0 bridgehead atoms. The summed E-state index contributed by atoms with van der Waals surface area (Å²) >= 11 is 1.77. The lowest BCUT2D eigenvalue weighted by molar-refractivity contribution is 0.0392. The summed E-state index contributed by atoms with van der Waals surface area (Å²) in [5, 5.41) is 9.95. The van der Waals surface area contributed by atoms with Gasteiger partial charge in [-0.25, -0.2) is 4.98 Å². The molecular weight excluding hydrogens is 496 g/mol. The number of morpholine rings is 1. The lowest BCUT2D eigenvalue weighted by Gasteiger charge is -2.29. The average molecular weight is 535 g/mol. The molecule has 1 aliphatic heterocycles. The van der Waals surface area contributed by atoms with E-state index >= 15 is 0 Å². The first-order valence-electron chi connectivity index (χ1n) is 13.5. The minimum atomic E-state index is 0.646. The van der Waals surface area contributed by atoms with Crippen LogP contribution < -0.4 is 14.4 Å². The second-order valence-corrected chi connectivity index (χ2v) is 10.5. The first-order chi connectivity index (χ1) is 18.7. The number of benzene rings is 2. The quantitative estimate of drug-likeness (QED) is 0.243. The van der Waals surface area contributed by atoms with Crippen LogP contribution in [-0.2, 0) is 4.74 Å². The van der Waals surface area contributed by atoms with E-state index in [4.69, 9.17) is 24.5 Å². The van der Waals surface area contributed by atoms with Gasteiger partial charge in [-0.3, -0.25) is 4.90 Å². The van der Waals surface area contributed by atoms with Gasteiger partial charge < -0.3 is 19.1 Å². The van der Waals surface area contributed by atoms with E-state index in [1.54, 1.807) is 23.5 Å². The van der Waals surface area contributed by atoms with Crippen LogP contribution in [0.15, 0.2) is 48.5 Å². The lowest BCUT2D eigenvalue weighted by Crippen LogP contribution is -2.41. The van der Waals surface area contributed by atoms with Gasteiger partial charge in [0.25, 0.3) is 0 Å². The van der Waals surface area contributed by atoms with Gasteiger partial charge in [-0.15, -0.1) is 11.3 Å². The van der Waals surface area contributed by atoms with Crippen molar-refractivity contribution in [2.45, 2.75) is 33.1 Å². The second-order valence-electron chi connectivity index (χ2n) is 9.35. The molecule has 1 fully saturated rings. The maximum absolute atomic E-state index is 8.85. The number of unbranched alkanes of at least 4 members (excludes halogenated alkanes) is 2. The number of anilines is 1. The van der Waals surface area contributed by atoms with Gasteiger partial charge in [-0.05, 0) is 81.6 Å². The minimum absolute atomic E-state index is 0.646. The Morgan fingerprint density at radius 3 is 2.21 bits per heavy atom. The normalized spacial score (nSPS) is 13.7. The van der Waals surface area contributed by atoms with Crippen LogP contribution in [0.2, 0.25) is 0 Å². The largest absolute Gasteiger partial charge is 0.494 e. The summed E-state index contributed by atoms with van der Waals surface area (Å²) in [6, 6.07) is 17.6. The zero-order chi connectivity index (χ0) is 26.6. The van der Waals surface area contributed by atoms with Crippen molar-refractivity contribution in [3.05, 3.63) is 59.0 Å². The van der Waals surface area contributed by atoms with Crippen LogP contribution >= 0.6 is 11.3 Å². The standard InChI is InChI=1S/C30H38N4O3S/c1-3-34(16-15-33-17-21-35-22-18-33)30-32-29(24(2)38-30)26-9-13-28(14-10-26)37-20-6-4-5-19-36-27-11-7-25(23-31)8-12-27/h7-14H,3-6,15-22H2,1-2H3. The van der Waals surface area contributed by atoms with Gasteiger partial charge in [0.2, 0.25) is 0 Å². The number of rotatable bonds is 14. The summed E-state index contributed by atoms with van der Waals surface area (Å²) in [6.45, 7) is 12.4. The van der Waals surface area contributed by atoms with Crippen LogP contribution in [0.4, 0.5) is 5.13 Å². The molecule has 0 saturated carbocycles. The van der Waals surface area contributed by atoms with E-state index in [1.165, 1.54) is 4.88 Å². The van der Waals surface area contributed by atoms with Crippen molar-refractivity contribution >= 4 is 16.5 Å². The predicted molar refractivity (Wildman–Crippen MR) is 153 cm³/mol. The topological polar surface area (TPSA) is 70.8 Å². The smallest absolute Gasteiger partial charge is 0.186 e. The molecule has 2 heterocycles. The van der Waals surface area contributed by atoms with Crippen LogP contribution in [0.5, 0.6) is 11.5 Å². The number of aryl methyl sites for hydroxylation is 1. The molecule has 0 radical (unpaired) electrons. The molecule has 2 aromatic carbocycles. The third-order valence-electron chi connectivity index (χ3n) is 6.66. The highest BCUT2D eigenvalue weighted by Gasteiger charge is 2.17. The molecule has 3 aromatic rings. The molecule has 4 rings (SSSR count). The van der Waals surface area contributed by atoms with Gasteiger partial charge >= 0.3 is 0 Å². The van der Waals surface area contributed by atoms with E-state index in [1.807, 2.05) is 24.3 Å². The Kier molecular flexibility index (Phi) is 10.8. The van der Waals surface area contributed by atoms with E-state index in [9.17, 15) is 0 Å². The third-order valence-corrected chi connectivity index (χ3v) is 7.70. The molecular formula is C30H38N4O3S. The molecule has 0 spiro atoms.